The highest BCUT2D eigenvalue weighted by Crippen LogP contribution is 2.36. The van der Waals surface area contributed by atoms with Crippen molar-refractivity contribution in [1.29, 1.82) is 0 Å². The Morgan fingerprint density at radius 3 is 2.50 bits per heavy atom. The van der Waals surface area contributed by atoms with Crippen LogP contribution in [-0.4, -0.2) is 22.8 Å². The Balaban J connectivity index is 2.35. The van der Waals surface area contributed by atoms with Crippen LogP contribution in [0.1, 0.15) is 6.42 Å². The van der Waals surface area contributed by atoms with Gasteiger partial charge in [-0.05, 0) is 37.8 Å². The summed E-state index contributed by atoms with van der Waals surface area (Å²) in [7, 11) is 0. The number of pyridine rings is 1. The highest BCUT2D eigenvalue weighted by Gasteiger charge is 2.31. The monoisotopic (exact) mass is 410 g/mol. The van der Waals surface area contributed by atoms with Crippen molar-refractivity contribution < 1.29 is 4.79 Å². The highest BCUT2D eigenvalue weighted by atomic mass is 79.9. The average molecular weight is 413 g/mol. The highest BCUT2D eigenvalue weighted by molar-refractivity contribution is 9.11. The topological polar surface area (TPSA) is 33.2 Å². The van der Waals surface area contributed by atoms with Crippen molar-refractivity contribution in [2.45, 2.75) is 6.42 Å². The van der Waals surface area contributed by atoms with Crippen molar-refractivity contribution >= 4 is 59.4 Å². The molecule has 1 fully saturated rings. The molecule has 0 N–H and O–H groups in total. The Kier molecular flexibility index (Phi) is 4.02. The molecule has 0 aliphatic carbocycles. The van der Waals surface area contributed by atoms with Crippen molar-refractivity contribution in [1.82, 2.24) is 4.98 Å². The maximum atomic E-state index is 11.9. The van der Waals surface area contributed by atoms with E-state index in [0.29, 0.717) is 12.3 Å². The molecule has 0 radical (unpaired) electrons. The van der Waals surface area contributed by atoms with Gasteiger partial charge in [0.1, 0.15) is 0 Å². The Hall–Kier alpha value is 0.0600. The summed E-state index contributed by atoms with van der Waals surface area (Å²) in [5.41, 5.74) is 0.878. The van der Waals surface area contributed by atoms with Crippen LogP contribution in [0.3, 0.4) is 0 Å². The van der Waals surface area contributed by atoms with Gasteiger partial charge in [0.15, 0.2) is 0 Å². The van der Waals surface area contributed by atoms with Crippen LogP contribution in [0.4, 0.5) is 5.69 Å². The average Bonchev–Trinajstić information content (AvgIpc) is 2.60. The zero-order valence-corrected chi connectivity index (χ0v) is 13.0. The Bertz CT molecular complexity index is 404. The van der Waals surface area contributed by atoms with Gasteiger partial charge in [-0.15, -0.1) is 0 Å². The van der Waals surface area contributed by atoms with Crippen molar-refractivity contribution in [2.75, 3.05) is 16.8 Å². The van der Waals surface area contributed by atoms with Crippen LogP contribution < -0.4 is 4.90 Å². The van der Waals surface area contributed by atoms with E-state index < -0.39 is 0 Å². The lowest BCUT2D eigenvalue weighted by Crippen LogP contribution is -2.25. The summed E-state index contributed by atoms with van der Waals surface area (Å²) < 4.78 is 1.68. The lowest BCUT2D eigenvalue weighted by atomic mass is 10.2. The van der Waals surface area contributed by atoms with Crippen molar-refractivity contribution in [2.24, 2.45) is 5.92 Å². The van der Waals surface area contributed by atoms with Gasteiger partial charge < -0.3 is 4.90 Å². The smallest absolute Gasteiger partial charge is 0.227 e. The molecule has 1 aliphatic rings. The number of nitrogens with zero attached hydrogens (tertiary/aromatic N) is 2. The second kappa shape index (κ2) is 5.14. The number of carbonyl (C=O) groups is 1. The standard InChI is InChI=1S/C10H9Br3N2O/c11-2-6-1-9(16)15(5-6)10-7(12)3-14-4-8(10)13/h3-4,6H,1-2,5H2. The predicted octanol–water partition coefficient (Wildman–Crippen LogP) is 3.35. The molecular weight excluding hydrogens is 404 g/mol. The largest absolute Gasteiger partial charge is 0.310 e. The number of carbonyl (C=O) groups excluding carboxylic acids is 1. The van der Waals surface area contributed by atoms with Crippen LogP contribution in [0.2, 0.25) is 0 Å². The van der Waals surface area contributed by atoms with Gasteiger partial charge in [-0.3, -0.25) is 9.78 Å². The zero-order chi connectivity index (χ0) is 11.7. The van der Waals surface area contributed by atoms with Gasteiger partial charge in [-0.1, -0.05) is 15.9 Å². The molecule has 86 valence electrons. The van der Waals surface area contributed by atoms with Gasteiger partial charge in [-0.25, -0.2) is 0 Å². The summed E-state index contributed by atoms with van der Waals surface area (Å²) in [4.78, 5) is 17.7. The number of rotatable bonds is 2. The molecule has 6 heteroatoms. The minimum atomic E-state index is 0.164. The van der Waals surface area contributed by atoms with Gasteiger partial charge in [0.2, 0.25) is 5.91 Å². The SMILES string of the molecule is O=C1CC(CBr)CN1c1c(Br)cncc1Br. The molecule has 0 spiro atoms. The number of alkyl halides is 1. The van der Waals surface area contributed by atoms with Crippen LogP contribution in [0.15, 0.2) is 21.3 Å². The van der Waals surface area contributed by atoms with Crippen molar-refractivity contribution in [3.8, 4) is 0 Å². The molecule has 1 amide bonds. The Labute approximate surface area is 119 Å². The molecule has 16 heavy (non-hydrogen) atoms. The minimum Gasteiger partial charge on any atom is -0.310 e. The predicted molar refractivity (Wildman–Crippen MR) is 73.9 cm³/mol. The molecule has 0 bridgehead atoms. The maximum absolute atomic E-state index is 11.9. The van der Waals surface area contributed by atoms with Crippen molar-refractivity contribution in [3.05, 3.63) is 21.3 Å². The number of hydrogen-bond donors (Lipinski definition) is 0. The van der Waals surface area contributed by atoms with E-state index in [4.69, 9.17) is 0 Å². The van der Waals surface area contributed by atoms with Crippen LogP contribution in [0, 0.1) is 5.92 Å². The molecule has 1 saturated heterocycles. The number of anilines is 1. The van der Waals surface area contributed by atoms with E-state index in [1.807, 2.05) is 4.90 Å². The second-order valence-electron chi connectivity index (χ2n) is 3.68. The lowest BCUT2D eigenvalue weighted by molar-refractivity contribution is -0.117. The number of aromatic nitrogens is 1. The lowest BCUT2D eigenvalue weighted by Gasteiger charge is -2.19. The van der Waals surface area contributed by atoms with Crippen LogP contribution >= 0.6 is 47.8 Å². The van der Waals surface area contributed by atoms with Gasteiger partial charge in [-0.2, -0.15) is 0 Å². The first kappa shape index (κ1) is 12.5. The van der Waals surface area contributed by atoms with Gasteiger partial charge in [0, 0.05) is 30.7 Å². The molecule has 1 atom stereocenters. The number of amides is 1. The van der Waals surface area contributed by atoms with Gasteiger partial charge >= 0.3 is 0 Å². The first-order chi connectivity index (χ1) is 7.63. The van der Waals surface area contributed by atoms with E-state index in [1.54, 1.807) is 12.4 Å². The van der Waals surface area contributed by atoms with Gasteiger partial charge in [0.05, 0.1) is 14.6 Å². The fourth-order valence-electron chi connectivity index (χ4n) is 1.76. The first-order valence-corrected chi connectivity index (χ1v) is 7.49. The van der Waals surface area contributed by atoms with E-state index in [0.717, 1.165) is 26.5 Å². The van der Waals surface area contributed by atoms with Gasteiger partial charge in [0.25, 0.3) is 0 Å². The second-order valence-corrected chi connectivity index (χ2v) is 6.04. The first-order valence-electron chi connectivity index (χ1n) is 4.78. The fraction of sp³-hybridized carbons (Fsp3) is 0.400. The number of hydrogen-bond acceptors (Lipinski definition) is 2. The van der Waals surface area contributed by atoms with E-state index in [9.17, 15) is 4.79 Å². The van der Waals surface area contributed by atoms with E-state index in [1.165, 1.54) is 0 Å². The fourth-order valence-corrected chi connectivity index (χ4v) is 3.55. The van der Waals surface area contributed by atoms with Crippen LogP contribution in [-0.2, 0) is 4.79 Å². The molecule has 3 nitrogen and oxygen atoms in total. The molecule has 1 aliphatic heterocycles. The van der Waals surface area contributed by atoms with E-state index in [-0.39, 0.29) is 5.91 Å². The van der Waals surface area contributed by atoms with E-state index >= 15 is 0 Å². The third kappa shape index (κ3) is 2.33. The molecule has 2 rings (SSSR count). The summed E-state index contributed by atoms with van der Waals surface area (Å²) in [5.74, 6) is 0.552. The molecule has 2 heterocycles. The summed E-state index contributed by atoms with van der Waals surface area (Å²) in [6, 6.07) is 0. The summed E-state index contributed by atoms with van der Waals surface area (Å²) >= 11 is 10.3. The summed E-state index contributed by atoms with van der Waals surface area (Å²) in [6.45, 7) is 0.755. The summed E-state index contributed by atoms with van der Waals surface area (Å²) in [6.07, 6.45) is 4.01. The van der Waals surface area contributed by atoms with Crippen LogP contribution in [0.25, 0.3) is 0 Å². The molecule has 0 aromatic carbocycles. The molecule has 1 aromatic heterocycles. The molecule has 0 saturated carbocycles. The third-order valence-electron chi connectivity index (χ3n) is 2.52. The van der Waals surface area contributed by atoms with E-state index in [2.05, 4.69) is 52.8 Å². The van der Waals surface area contributed by atoms with Crippen LogP contribution in [0.5, 0.6) is 0 Å². The minimum absolute atomic E-state index is 0.164. The Morgan fingerprint density at radius 2 is 2.00 bits per heavy atom. The molecule has 1 unspecified atom stereocenters. The molecular formula is C10H9Br3N2O. The number of halogens is 3. The zero-order valence-electron chi connectivity index (χ0n) is 8.29. The van der Waals surface area contributed by atoms with Crippen molar-refractivity contribution in [3.63, 3.8) is 0 Å². The quantitative estimate of drug-likeness (QED) is 0.698. The maximum Gasteiger partial charge on any atom is 0.227 e. The summed E-state index contributed by atoms with van der Waals surface area (Å²) in [5, 5.41) is 0.857. The molecule has 1 aromatic rings. The Morgan fingerprint density at radius 1 is 1.38 bits per heavy atom. The normalized spacial score (nSPS) is 20.6. The third-order valence-corrected chi connectivity index (χ3v) is 4.60.